The molecule has 1 N–H and O–H groups in total. The van der Waals surface area contributed by atoms with E-state index in [1.807, 2.05) is 19.1 Å². The van der Waals surface area contributed by atoms with Crippen molar-refractivity contribution >= 4 is 6.29 Å². The van der Waals surface area contributed by atoms with Crippen molar-refractivity contribution in [3.05, 3.63) is 29.3 Å². The van der Waals surface area contributed by atoms with Crippen molar-refractivity contribution in [2.75, 3.05) is 0 Å². The summed E-state index contributed by atoms with van der Waals surface area (Å²) in [6.45, 7) is 1.98. The third-order valence-electron chi connectivity index (χ3n) is 3.41. The lowest BCUT2D eigenvalue weighted by Gasteiger charge is -2.26. The molecule has 2 rings (SSSR count). The minimum absolute atomic E-state index is 0.125. The van der Waals surface area contributed by atoms with Crippen LogP contribution in [0.4, 0.5) is 0 Å². The van der Waals surface area contributed by atoms with Crippen molar-refractivity contribution in [2.24, 2.45) is 11.8 Å². The molecule has 1 aromatic carbocycles. The largest absolute Gasteiger partial charge is 0.508 e. The summed E-state index contributed by atoms with van der Waals surface area (Å²) < 4.78 is 0. The van der Waals surface area contributed by atoms with Crippen LogP contribution in [0.25, 0.3) is 0 Å². The Labute approximate surface area is 89.9 Å². The topological polar surface area (TPSA) is 37.3 Å². The van der Waals surface area contributed by atoms with Crippen LogP contribution in [0.5, 0.6) is 5.75 Å². The van der Waals surface area contributed by atoms with Crippen LogP contribution in [-0.4, -0.2) is 11.4 Å². The van der Waals surface area contributed by atoms with Crippen molar-refractivity contribution in [1.29, 1.82) is 0 Å². The summed E-state index contributed by atoms with van der Waals surface area (Å²) >= 11 is 0. The average molecular weight is 204 g/mol. The van der Waals surface area contributed by atoms with Crippen molar-refractivity contribution in [1.82, 2.24) is 0 Å². The van der Waals surface area contributed by atoms with E-state index in [0.717, 1.165) is 25.5 Å². The van der Waals surface area contributed by atoms with Gasteiger partial charge in [0.1, 0.15) is 12.0 Å². The fourth-order valence-electron chi connectivity index (χ4n) is 2.33. The highest BCUT2D eigenvalue weighted by molar-refractivity contribution is 5.54. The number of benzene rings is 1. The SMILES string of the molecule is CC(C=O)C1CCc2ccc(O)cc2C1. The second kappa shape index (κ2) is 4.05. The standard InChI is InChI=1S/C13H16O2/c1-9(8-14)11-3-2-10-4-5-13(15)7-12(10)6-11/h4-5,7-9,11,15H,2-3,6H2,1H3. The zero-order valence-electron chi connectivity index (χ0n) is 8.94. The Balaban J connectivity index is 2.21. The molecule has 0 amide bonds. The number of hydrogen-bond donors (Lipinski definition) is 1. The number of aromatic hydroxyl groups is 1. The zero-order valence-corrected chi connectivity index (χ0v) is 8.94. The molecule has 0 aliphatic heterocycles. The van der Waals surface area contributed by atoms with Gasteiger partial charge in [0.2, 0.25) is 0 Å². The number of rotatable bonds is 2. The number of aldehydes is 1. The number of phenolic OH excluding ortho intramolecular Hbond substituents is 1. The monoisotopic (exact) mass is 204 g/mol. The van der Waals surface area contributed by atoms with E-state index < -0.39 is 0 Å². The molecule has 2 unspecified atom stereocenters. The fourth-order valence-corrected chi connectivity index (χ4v) is 2.33. The van der Waals surface area contributed by atoms with E-state index >= 15 is 0 Å². The minimum Gasteiger partial charge on any atom is -0.508 e. The molecule has 0 bridgehead atoms. The first-order valence-electron chi connectivity index (χ1n) is 5.46. The molecule has 2 atom stereocenters. The Morgan fingerprint density at radius 3 is 3.00 bits per heavy atom. The molecule has 15 heavy (non-hydrogen) atoms. The first-order chi connectivity index (χ1) is 7.20. The molecule has 1 aromatic rings. The van der Waals surface area contributed by atoms with Crippen molar-refractivity contribution in [3.63, 3.8) is 0 Å². The van der Waals surface area contributed by atoms with Crippen LogP contribution in [-0.2, 0) is 17.6 Å². The first kappa shape index (κ1) is 10.2. The maximum atomic E-state index is 10.7. The van der Waals surface area contributed by atoms with Crippen molar-refractivity contribution in [2.45, 2.75) is 26.2 Å². The average Bonchev–Trinajstić information content (AvgIpc) is 2.27. The van der Waals surface area contributed by atoms with Gasteiger partial charge in [0.15, 0.2) is 0 Å². The predicted octanol–water partition coefficient (Wildman–Crippen LogP) is 2.33. The third kappa shape index (κ3) is 2.04. The molecule has 2 heteroatoms. The van der Waals surface area contributed by atoms with Gasteiger partial charge < -0.3 is 9.90 Å². The molecule has 1 aliphatic carbocycles. The van der Waals surface area contributed by atoms with Crippen LogP contribution < -0.4 is 0 Å². The van der Waals surface area contributed by atoms with E-state index in [-0.39, 0.29) is 5.92 Å². The summed E-state index contributed by atoms with van der Waals surface area (Å²) in [6, 6.07) is 5.56. The summed E-state index contributed by atoms with van der Waals surface area (Å²) in [4.78, 5) is 10.7. The molecule has 1 aliphatic rings. The maximum Gasteiger partial charge on any atom is 0.123 e. The molecule has 0 heterocycles. The van der Waals surface area contributed by atoms with Gasteiger partial charge in [-0.25, -0.2) is 0 Å². The number of fused-ring (bicyclic) bond motifs is 1. The highest BCUT2D eigenvalue weighted by atomic mass is 16.3. The quantitative estimate of drug-likeness (QED) is 0.751. The Kier molecular flexibility index (Phi) is 2.76. The zero-order chi connectivity index (χ0) is 10.8. The second-order valence-corrected chi connectivity index (χ2v) is 4.45. The number of carbonyl (C=O) groups excluding carboxylic acids is 1. The number of phenols is 1. The van der Waals surface area contributed by atoms with Crippen molar-refractivity contribution < 1.29 is 9.90 Å². The molecule has 0 aromatic heterocycles. The molecular weight excluding hydrogens is 188 g/mol. The Bertz CT molecular complexity index is 371. The van der Waals surface area contributed by atoms with Crippen molar-refractivity contribution in [3.8, 4) is 5.75 Å². The molecule has 0 saturated carbocycles. The highest BCUT2D eigenvalue weighted by Gasteiger charge is 2.23. The van der Waals surface area contributed by atoms with Crippen LogP contribution in [0.2, 0.25) is 0 Å². The van der Waals surface area contributed by atoms with Gasteiger partial charge in [-0.05, 0) is 48.4 Å². The normalized spacial score (nSPS) is 21.8. The predicted molar refractivity (Wildman–Crippen MR) is 58.8 cm³/mol. The van der Waals surface area contributed by atoms with Gasteiger partial charge in [-0.2, -0.15) is 0 Å². The van der Waals surface area contributed by atoms with Crippen LogP contribution in [0.3, 0.4) is 0 Å². The summed E-state index contributed by atoms with van der Waals surface area (Å²) in [5.74, 6) is 0.894. The summed E-state index contributed by atoms with van der Waals surface area (Å²) in [7, 11) is 0. The van der Waals surface area contributed by atoms with Gasteiger partial charge in [-0.15, -0.1) is 0 Å². The Hall–Kier alpha value is -1.31. The maximum absolute atomic E-state index is 10.7. The lowest BCUT2D eigenvalue weighted by molar-refractivity contribution is -0.112. The van der Waals surface area contributed by atoms with Crippen LogP contribution in [0, 0.1) is 11.8 Å². The fraction of sp³-hybridized carbons (Fsp3) is 0.462. The Morgan fingerprint density at radius 1 is 1.47 bits per heavy atom. The van der Waals surface area contributed by atoms with E-state index in [1.165, 1.54) is 11.1 Å². The van der Waals surface area contributed by atoms with Gasteiger partial charge in [0, 0.05) is 5.92 Å². The van der Waals surface area contributed by atoms with Gasteiger partial charge in [-0.1, -0.05) is 13.0 Å². The van der Waals surface area contributed by atoms with Crippen LogP contribution >= 0.6 is 0 Å². The van der Waals surface area contributed by atoms with Gasteiger partial charge in [0.05, 0.1) is 0 Å². The molecule has 0 radical (unpaired) electrons. The third-order valence-corrected chi connectivity index (χ3v) is 3.41. The summed E-state index contributed by atoms with van der Waals surface area (Å²) in [5.41, 5.74) is 2.53. The lowest BCUT2D eigenvalue weighted by Crippen LogP contribution is -2.21. The molecule has 0 saturated heterocycles. The van der Waals surface area contributed by atoms with E-state index in [9.17, 15) is 9.90 Å². The van der Waals surface area contributed by atoms with E-state index in [2.05, 4.69) is 0 Å². The smallest absolute Gasteiger partial charge is 0.123 e. The van der Waals surface area contributed by atoms with Crippen LogP contribution in [0.1, 0.15) is 24.5 Å². The first-order valence-corrected chi connectivity index (χ1v) is 5.46. The molecule has 0 fully saturated rings. The minimum atomic E-state index is 0.125. The molecule has 80 valence electrons. The van der Waals surface area contributed by atoms with E-state index in [4.69, 9.17) is 0 Å². The van der Waals surface area contributed by atoms with Gasteiger partial charge in [0.25, 0.3) is 0 Å². The van der Waals surface area contributed by atoms with Crippen LogP contribution in [0.15, 0.2) is 18.2 Å². The lowest BCUT2D eigenvalue weighted by atomic mass is 9.78. The second-order valence-electron chi connectivity index (χ2n) is 4.45. The number of aryl methyl sites for hydroxylation is 1. The summed E-state index contributed by atoms with van der Waals surface area (Å²) in [5, 5.41) is 9.40. The van der Waals surface area contributed by atoms with E-state index in [1.54, 1.807) is 6.07 Å². The molecule has 0 spiro atoms. The number of hydrogen-bond acceptors (Lipinski definition) is 2. The van der Waals surface area contributed by atoms with Gasteiger partial charge in [-0.3, -0.25) is 0 Å². The highest BCUT2D eigenvalue weighted by Crippen LogP contribution is 2.31. The van der Waals surface area contributed by atoms with E-state index in [0.29, 0.717) is 11.7 Å². The summed E-state index contributed by atoms with van der Waals surface area (Å²) in [6.07, 6.45) is 4.07. The molecule has 2 nitrogen and oxygen atoms in total. The van der Waals surface area contributed by atoms with Gasteiger partial charge >= 0.3 is 0 Å². The number of carbonyl (C=O) groups is 1. The Morgan fingerprint density at radius 2 is 2.27 bits per heavy atom. The molecular formula is C13H16O2.